The monoisotopic (exact) mass is 863 g/mol. The first-order valence-electron chi connectivity index (χ1n) is 22.3. The molecule has 0 saturated heterocycles. The molecule has 0 spiro atoms. The Bertz CT molecular complexity index is 1330. The summed E-state index contributed by atoms with van der Waals surface area (Å²) in [6.07, 6.45) is 48.5. The van der Waals surface area contributed by atoms with E-state index in [0.717, 1.165) is 57.8 Å². The highest BCUT2D eigenvalue weighted by atomic mass is 31.2. The number of hydrogen-bond donors (Lipinski definition) is 4. The second kappa shape index (κ2) is 42.5. The van der Waals surface area contributed by atoms with Gasteiger partial charge in [-0.25, -0.2) is 4.57 Å². The van der Waals surface area contributed by atoms with Crippen LogP contribution in [-0.4, -0.2) is 76.9 Å². The largest absolute Gasteiger partial charge is 0.472 e. The van der Waals surface area contributed by atoms with Gasteiger partial charge >= 0.3 is 19.8 Å². The molecule has 2 unspecified atom stereocenters. The van der Waals surface area contributed by atoms with E-state index >= 15 is 0 Å². The minimum absolute atomic E-state index is 0.0935. The fourth-order valence-electron chi connectivity index (χ4n) is 5.37. The normalized spacial score (nSPS) is 15.2. The van der Waals surface area contributed by atoms with Crippen molar-refractivity contribution >= 4 is 19.8 Å². The maximum absolute atomic E-state index is 12.6. The number of aliphatic hydroxyl groups excluding tert-OH is 3. The molecular formula is C48H79O11P. The van der Waals surface area contributed by atoms with E-state index in [1.807, 2.05) is 48.6 Å². The Hall–Kier alpha value is -3.15. The van der Waals surface area contributed by atoms with E-state index in [-0.39, 0.29) is 19.4 Å². The first-order chi connectivity index (χ1) is 29.1. The molecular weight excluding hydrogens is 783 g/mol. The Morgan fingerprint density at radius 3 is 1.75 bits per heavy atom. The number of hydrogen-bond acceptors (Lipinski definition) is 10. The van der Waals surface area contributed by atoms with Crippen molar-refractivity contribution in [2.75, 3.05) is 26.4 Å². The molecule has 12 heteroatoms. The number of carbonyl (C=O) groups excluding carboxylic acids is 2. The van der Waals surface area contributed by atoms with Crippen molar-refractivity contribution in [1.82, 2.24) is 0 Å². The Balaban J connectivity index is 4.47. The van der Waals surface area contributed by atoms with E-state index in [2.05, 4.69) is 60.9 Å². The average molecular weight is 863 g/mol. The molecule has 342 valence electrons. The zero-order valence-electron chi connectivity index (χ0n) is 36.7. The van der Waals surface area contributed by atoms with Crippen LogP contribution in [0.4, 0.5) is 0 Å². The Morgan fingerprint density at radius 2 is 1.13 bits per heavy atom. The highest BCUT2D eigenvalue weighted by Gasteiger charge is 2.27. The number of unbranched alkanes of at least 4 members (excludes halogenated alkanes) is 10. The van der Waals surface area contributed by atoms with E-state index in [4.69, 9.17) is 19.1 Å². The molecule has 0 fully saturated rings. The second-order valence-corrected chi connectivity index (χ2v) is 16.0. The van der Waals surface area contributed by atoms with Crippen molar-refractivity contribution in [3.05, 3.63) is 97.2 Å². The van der Waals surface area contributed by atoms with Gasteiger partial charge in [-0.3, -0.25) is 18.6 Å². The van der Waals surface area contributed by atoms with Crippen LogP contribution in [0.1, 0.15) is 149 Å². The van der Waals surface area contributed by atoms with Crippen LogP contribution >= 0.6 is 7.82 Å². The summed E-state index contributed by atoms with van der Waals surface area (Å²) in [7, 11) is -4.65. The smallest absolute Gasteiger partial charge is 0.462 e. The molecule has 0 heterocycles. The van der Waals surface area contributed by atoms with Crippen LogP contribution in [0.25, 0.3) is 0 Å². The molecule has 4 N–H and O–H groups in total. The quantitative estimate of drug-likeness (QED) is 0.0152. The summed E-state index contributed by atoms with van der Waals surface area (Å²) in [6, 6.07) is 0. The molecule has 0 aliphatic rings. The molecule has 0 aliphatic carbocycles. The number of rotatable bonds is 40. The number of carbonyl (C=O) groups is 2. The van der Waals surface area contributed by atoms with Crippen molar-refractivity contribution in [3.8, 4) is 0 Å². The summed E-state index contributed by atoms with van der Waals surface area (Å²) in [6.45, 7) is 2.02. The van der Waals surface area contributed by atoms with Gasteiger partial charge in [0.25, 0.3) is 0 Å². The van der Waals surface area contributed by atoms with Gasteiger partial charge in [0.2, 0.25) is 0 Å². The van der Waals surface area contributed by atoms with Gasteiger partial charge in [0.15, 0.2) is 6.10 Å². The highest BCUT2D eigenvalue weighted by Crippen LogP contribution is 2.43. The highest BCUT2D eigenvalue weighted by molar-refractivity contribution is 7.47. The van der Waals surface area contributed by atoms with Crippen molar-refractivity contribution in [3.63, 3.8) is 0 Å². The van der Waals surface area contributed by atoms with E-state index in [0.29, 0.717) is 25.7 Å². The molecule has 0 aliphatic heterocycles. The number of phosphoric acid groups is 1. The molecule has 0 aromatic carbocycles. The van der Waals surface area contributed by atoms with Gasteiger partial charge in [0.1, 0.15) is 12.7 Å². The Labute approximate surface area is 362 Å². The van der Waals surface area contributed by atoms with Crippen LogP contribution in [0, 0.1) is 0 Å². The van der Waals surface area contributed by atoms with Crippen LogP contribution in [0.2, 0.25) is 0 Å². The van der Waals surface area contributed by atoms with Crippen LogP contribution in [0.3, 0.4) is 0 Å². The standard InChI is InChI=1S/C48H79O11P/c1-3-5-7-8-9-10-11-12-13-14-15-18-22-25-28-31-35-39-48(53)59-46(43-58-60(54,55)57-41-45(51)40-49)42-56-47(52)38-34-30-27-24-21-19-16-17-20-23-26-29-33-37-44(50)36-32-6-4-2/h6,9-10,12-13,17,19-21,26-27,29-30,32-33,37,44-46,49-51H,3-5,7-8,11,14-16,18,22-25,28,31,34-36,38-43H2,1-2H3,(H,54,55)/b10-9-,13-12-,20-17-,21-19-,29-26+,30-27-,32-6-,37-33+/t44?,45-,46+/m0/s1. The zero-order valence-corrected chi connectivity index (χ0v) is 37.6. The summed E-state index contributed by atoms with van der Waals surface area (Å²) in [4.78, 5) is 35.0. The molecule has 0 aromatic heterocycles. The summed E-state index contributed by atoms with van der Waals surface area (Å²) in [5.41, 5.74) is 0. The lowest BCUT2D eigenvalue weighted by atomic mass is 10.1. The van der Waals surface area contributed by atoms with Gasteiger partial charge in [0.05, 0.1) is 25.9 Å². The molecule has 0 amide bonds. The summed E-state index contributed by atoms with van der Waals surface area (Å²) in [5.74, 6) is -1.06. The molecule has 11 nitrogen and oxygen atoms in total. The van der Waals surface area contributed by atoms with Crippen LogP contribution < -0.4 is 0 Å². The predicted molar refractivity (Wildman–Crippen MR) is 243 cm³/mol. The molecule has 0 rings (SSSR count). The number of phosphoric ester groups is 1. The first-order valence-corrected chi connectivity index (χ1v) is 23.8. The third kappa shape index (κ3) is 41.6. The number of aliphatic hydroxyl groups is 3. The summed E-state index contributed by atoms with van der Waals surface area (Å²) < 4.78 is 32.6. The van der Waals surface area contributed by atoms with E-state index in [1.54, 1.807) is 6.08 Å². The number of allylic oxidation sites excluding steroid dienone is 14. The van der Waals surface area contributed by atoms with E-state index in [1.165, 1.54) is 38.5 Å². The van der Waals surface area contributed by atoms with Crippen LogP contribution in [0.15, 0.2) is 97.2 Å². The number of ether oxygens (including phenoxy) is 2. The van der Waals surface area contributed by atoms with Gasteiger partial charge in [-0.2, -0.15) is 0 Å². The minimum atomic E-state index is -4.65. The number of esters is 2. The topological polar surface area (TPSA) is 169 Å². The lowest BCUT2D eigenvalue weighted by molar-refractivity contribution is -0.161. The van der Waals surface area contributed by atoms with Gasteiger partial charge in [-0.05, 0) is 77.0 Å². The third-order valence-electron chi connectivity index (χ3n) is 8.82. The maximum Gasteiger partial charge on any atom is 0.472 e. The molecule has 0 bridgehead atoms. The van der Waals surface area contributed by atoms with Crippen LogP contribution in [-0.2, 0) is 32.7 Å². The first kappa shape index (κ1) is 56.9. The van der Waals surface area contributed by atoms with Gasteiger partial charge in [0, 0.05) is 12.8 Å². The molecule has 0 radical (unpaired) electrons. The maximum atomic E-state index is 12.6. The third-order valence-corrected chi connectivity index (χ3v) is 9.77. The fraction of sp³-hybridized carbons (Fsp3) is 0.625. The van der Waals surface area contributed by atoms with Gasteiger partial charge in [-0.15, -0.1) is 0 Å². The van der Waals surface area contributed by atoms with Crippen molar-refractivity contribution < 1.29 is 52.9 Å². The SMILES string of the molecule is CC/C=C\CC(O)/C=C/C=C/C/C=C\C/C=C\C/C=C\CCC(=O)OC[C@H](COP(=O)(O)OC[C@@H](O)CO)OC(=O)CCCCCCCCC/C=C\C/C=C\CCCCC. The minimum Gasteiger partial charge on any atom is -0.462 e. The van der Waals surface area contributed by atoms with Gasteiger partial charge < -0.3 is 29.7 Å². The molecule has 0 aromatic rings. The van der Waals surface area contributed by atoms with Crippen molar-refractivity contribution in [1.29, 1.82) is 0 Å². The molecule has 0 saturated carbocycles. The molecule has 4 atom stereocenters. The van der Waals surface area contributed by atoms with Crippen LogP contribution in [0.5, 0.6) is 0 Å². The average Bonchev–Trinajstić information content (AvgIpc) is 3.23. The second-order valence-electron chi connectivity index (χ2n) is 14.5. The Morgan fingerprint density at radius 1 is 0.583 bits per heavy atom. The fourth-order valence-corrected chi connectivity index (χ4v) is 6.16. The molecule has 60 heavy (non-hydrogen) atoms. The summed E-state index contributed by atoms with van der Waals surface area (Å²) in [5, 5.41) is 28.2. The predicted octanol–water partition coefficient (Wildman–Crippen LogP) is 11.0. The van der Waals surface area contributed by atoms with Crippen molar-refractivity contribution in [2.45, 2.75) is 167 Å². The lowest BCUT2D eigenvalue weighted by Crippen LogP contribution is -2.29. The van der Waals surface area contributed by atoms with E-state index in [9.17, 15) is 29.3 Å². The lowest BCUT2D eigenvalue weighted by Gasteiger charge is -2.20. The Kier molecular flexibility index (Phi) is 40.3. The summed E-state index contributed by atoms with van der Waals surface area (Å²) >= 11 is 0. The van der Waals surface area contributed by atoms with Crippen molar-refractivity contribution in [2.24, 2.45) is 0 Å². The van der Waals surface area contributed by atoms with E-state index < -0.39 is 57.9 Å². The van der Waals surface area contributed by atoms with Gasteiger partial charge in [-0.1, -0.05) is 156 Å². The zero-order chi connectivity index (χ0) is 44.2.